The first-order valence-electron chi connectivity index (χ1n) is 2.82. The molecule has 1 aliphatic carbocycles. The van der Waals surface area contributed by atoms with Crippen LogP contribution in [0.25, 0.3) is 0 Å². The Morgan fingerprint density at radius 1 is 1.50 bits per heavy atom. The maximum atomic E-state index is 3.16. The first kappa shape index (κ1) is 6.02. The molecule has 0 bridgehead atoms. The van der Waals surface area contributed by atoms with Crippen molar-refractivity contribution in [2.45, 2.75) is 12.8 Å². The van der Waals surface area contributed by atoms with Crippen molar-refractivity contribution < 1.29 is 0 Å². The highest BCUT2D eigenvalue weighted by molar-refractivity contribution is 8.02. The number of hydrogen-bond donors (Lipinski definition) is 1. The van der Waals surface area contributed by atoms with Crippen LogP contribution in [0.15, 0.2) is 10.6 Å². The average Bonchev–Trinajstić information content (AvgIpc) is 1.66. The molecule has 8 heavy (non-hydrogen) atoms. The van der Waals surface area contributed by atoms with Gasteiger partial charge in [-0.15, -0.1) is 11.8 Å². The van der Waals surface area contributed by atoms with Gasteiger partial charge in [-0.25, -0.2) is 0 Å². The van der Waals surface area contributed by atoms with E-state index < -0.39 is 0 Å². The summed E-state index contributed by atoms with van der Waals surface area (Å²) >= 11 is 1.86. The van der Waals surface area contributed by atoms with Gasteiger partial charge in [0.1, 0.15) is 0 Å². The Morgan fingerprint density at radius 2 is 2.25 bits per heavy atom. The lowest BCUT2D eigenvalue weighted by molar-refractivity contribution is 0.757. The molecular weight excluding hydrogens is 118 g/mol. The van der Waals surface area contributed by atoms with Crippen molar-refractivity contribution in [3.63, 3.8) is 0 Å². The summed E-state index contributed by atoms with van der Waals surface area (Å²) in [4.78, 5) is 1.53. The Hall–Kier alpha value is -0.110. The third-order valence-electron chi connectivity index (χ3n) is 1.49. The van der Waals surface area contributed by atoms with Crippen LogP contribution in [0.5, 0.6) is 0 Å². The molecule has 0 aliphatic heterocycles. The predicted molar refractivity (Wildman–Crippen MR) is 38.8 cm³/mol. The van der Waals surface area contributed by atoms with E-state index in [0.29, 0.717) is 0 Å². The van der Waals surface area contributed by atoms with Crippen molar-refractivity contribution >= 4 is 11.8 Å². The molecule has 0 aromatic heterocycles. The molecule has 1 aliphatic rings. The van der Waals surface area contributed by atoms with Gasteiger partial charge in [0.15, 0.2) is 0 Å². The minimum Gasteiger partial charge on any atom is -0.391 e. The van der Waals surface area contributed by atoms with Gasteiger partial charge in [-0.1, -0.05) is 0 Å². The molecule has 0 amide bonds. The van der Waals surface area contributed by atoms with Gasteiger partial charge in [0, 0.05) is 17.6 Å². The molecular formula is C6H11NS. The highest BCUT2D eigenvalue weighted by Crippen LogP contribution is 2.32. The second kappa shape index (κ2) is 2.44. The second-order valence-electron chi connectivity index (χ2n) is 1.86. The summed E-state index contributed by atoms with van der Waals surface area (Å²) in [6.45, 7) is 0. The molecule has 0 aromatic carbocycles. The lowest BCUT2D eigenvalue weighted by atomic mass is 10.1. The van der Waals surface area contributed by atoms with Gasteiger partial charge in [0.05, 0.1) is 0 Å². The zero-order chi connectivity index (χ0) is 5.98. The standard InChI is InChI=1S/C6H11NS/c1-7-5-3-4-6(5)8-2/h7H,3-4H2,1-2H3. The predicted octanol–water partition coefficient (Wildman–Crippen LogP) is 1.57. The molecule has 1 nitrogen and oxygen atoms in total. The summed E-state index contributed by atoms with van der Waals surface area (Å²) < 4.78 is 0. The van der Waals surface area contributed by atoms with Gasteiger partial charge < -0.3 is 5.32 Å². The Morgan fingerprint density at radius 3 is 2.38 bits per heavy atom. The highest BCUT2D eigenvalue weighted by atomic mass is 32.2. The summed E-state index contributed by atoms with van der Waals surface area (Å²) in [6, 6.07) is 0. The number of thioether (sulfide) groups is 1. The van der Waals surface area contributed by atoms with E-state index in [4.69, 9.17) is 0 Å². The van der Waals surface area contributed by atoms with E-state index in [9.17, 15) is 0 Å². The Balaban J connectivity index is 2.49. The molecule has 1 N–H and O–H groups in total. The first-order chi connectivity index (χ1) is 3.88. The zero-order valence-electron chi connectivity index (χ0n) is 5.32. The van der Waals surface area contributed by atoms with Gasteiger partial charge in [-0.05, 0) is 19.1 Å². The molecule has 46 valence electrons. The molecule has 0 atom stereocenters. The quantitative estimate of drug-likeness (QED) is 0.607. The van der Waals surface area contributed by atoms with Crippen molar-refractivity contribution in [2.75, 3.05) is 13.3 Å². The van der Waals surface area contributed by atoms with E-state index in [2.05, 4.69) is 11.6 Å². The van der Waals surface area contributed by atoms with Crippen LogP contribution in [0.4, 0.5) is 0 Å². The lowest BCUT2D eigenvalue weighted by Gasteiger charge is -2.21. The van der Waals surface area contributed by atoms with Gasteiger partial charge >= 0.3 is 0 Å². The maximum Gasteiger partial charge on any atom is 0.0204 e. The van der Waals surface area contributed by atoms with Crippen molar-refractivity contribution in [3.8, 4) is 0 Å². The summed E-state index contributed by atoms with van der Waals surface area (Å²) in [5, 5.41) is 3.16. The van der Waals surface area contributed by atoms with Crippen LogP contribution in [0.2, 0.25) is 0 Å². The fraction of sp³-hybridized carbons (Fsp3) is 0.667. The maximum absolute atomic E-state index is 3.16. The minimum absolute atomic E-state index is 1.26. The van der Waals surface area contributed by atoms with Crippen molar-refractivity contribution in [1.82, 2.24) is 5.32 Å². The van der Waals surface area contributed by atoms with E-state index in [1.807, 2.05) is 18.8 Å². The van der Waals surface area contributed by atoms with Crippen molar-refractivity contribution in [3.05, 3.63) is 10.6 Å². The SMILES string of the molecule is CNC1=C(SC)CC1. The third-order valence-corrected chi connectivity index (χ3v) is 2.43. The van der Waals surface area contributed by atoms with Crippen LogP contribution < -0.4 is 5.32 Å². The largest absolute Gasteiger partial charge is 0.391 e. The van der Waals surface area contributed by atoms with E-state index >= 15 is 0 Å². The van der Waals surface area contributed by atoms with Crippen LogP contribution in [0.1, 0.15) is 12.8 Å². The Kier molecular flexibility index (Phi) is 1.84. The van der Waals surface area contributed by atoms with Crippen LogP contribution in [-0.4, -0.2) is 13.3 Å². The summed E-state index contributed by atoms with van der Waals surface area (Å²) in [5.41, 5.74) is 1.44. The topological polar surface area (TPSA) is 12.0 Å². The van der Waals surface area contributed by atoms with Crippen LogP contribution in [0, 0.1) is 0 Å². The monoisotopic (exact) mass is 129 g/mol. The molecule has 2 heteroatoms. The second-order valence-corrected chi connectivity index (χ2v) is 2.76. The smallest absolute Gasteiger partial charge is 0.0204 e. The van der Waals surface area contributed by atoms with E-state index in [1.165, 1.54) is 23.4 Å². The molecule has 1 rings (SSSR count). The lowest BCUT2D eigenvalue weighted by Crippen LogP contribution is -2.14. The Bertz CT molecular complexity index is 104. The van der Waals surface area contributed by atoms with E-state index in [-0.39, 0.29) is 0 Å². The molecule has 0 aromatic rings. The number of hydrogen-bond acceptors (Lipinski definition) is 2. The van der Waals surface area contributed by atoms with Gasteiger partial charge in [-0.2, -0.15) is 0 Å². The van der Waals surface area contributed by atoms with E-state index in [0.717, 1.165) is 0 Å². The van der Waals surface area contributed by atoms with Crippen LogP contribution in [0.3, 0.4) is 0 Å². The average molecular weight is 129 g/mol. The van der Waals surface area contributed by atoms with Crippen LogP contribution in [-0.2, 0) is 0 Å². The van der Waals surface area contributed by atoms with E-state index in [1.54, 1.807) is 0 Å². The van der Waals surface area contributed by atoms with Gasteiger partial charge in [-0.3, -0.25) is 0 Å². The fourth-order valence-corrected chi connectivity index (χ4v) is 1.60. The molecule has 0 fully saturated rings. The summed E-state index contributed by atoms with van der Waals surface area (Å²) in [6.07, 6.45) is 4.68. The summed E-state index contributed by atoms with van der Waals surface area (Å²) in [7, 11) is 1.99. The molecule has 0 spiro atoms. The van der Waals surface area contributed by atoms with Crippen molar-refractivity contribution in [2.24, 2.45) is 0 Å². The minimum atomic E-state index is 1.26. The van der Waals surface area contributed by atoms with Crippen molar-refractivity contribution in [1.29, 1.82) is 0 Å². The first-order valence-corrected chi connectivity index (χ1v) is 4.04. The number of allylic oxidation sites excluding steroid dienone is 2. The third kappa shape index (κ3) is 0.848. The Labute approximate surface area is 54.5 Å². The molecule has 0 unspecified atom stereocenters. The normalized spacial score (nSPS) is 18.2. The van der Waals surface area contributed by atoms with Gasteiger partial charge in [0.25, 0.3) is 0 Å². The van der Waals surface area contributed by atoms with Crippen LogP contribution >= 0.6 is 11.8 Å². The number of nitrogens with one attached hydrogen (secondary N) is 1. The molecule has 0 saturated heterocycles. The zero-order valence-corrected chi connectivity index (χ0v) is 6.14. The van der Waals surface area contributed by atoms with Gasteiger partial charge in [0.2, 0.25) is 0 Å². The molecule has 0 saturated carbocycles. The summed E-state index contributed by atoms with van der Waals surface area (Å²) in [5.74, 6) is 0. The molecule has 0 radical (unpaired) electrons. The number of rotatable bonds is 2. The fourth-order valence-electron chi connectivity index (χ4n) is 0.842. The molecule has 0 heterocycles. The highest BCUT2D eigenvalue weighted by Gasteiger charge is 2.13.